The summed E-state index contributed by atoms with van der Waals surface area (Å²) in [6.45, 7) is -0.199. The molecule has 2 unspecified atom stereocenters. The van der Waals surface area contributed by atoms with Crippen LogP contribution in [0.2, 0.25) is 0 Å². The Balaban J connectivity index is 1.96. The fourth-order valence-corrected chi connectivity index (χ4v) is 3.28. The molecule has 1 aliphatic carbocycles. The van der Waals surface area contributed by atoms with Gasteiger partial charge >= 0.3 is 5.97 Å². The van der Waals surface area contributed by atoms with Gasteiger partial charge in [-0.1, -0.05) is 11.8 Å². The minimum Gasteiger partial charge on any atom is -0.480 e. The number of hydrogen-bond donors (Lipinski definition) is 1. The number of methoxy groups -OCH3 is 1. The van der Waals surface area contributed by atoms with Crippen LogP contribution in [0.15, 0.2) is 5.16 Å². The topological polar surface area (TPSA) is 90.1 Å². The summed E-state index contributed by atoms with van der Waals surface area (Å²) in [4.78, 5) is 10.7. The number of tetrazole rings is 1. The molecule has 0 aliphatic heterocycles. The molecule has 0 bridgehead atoms. The van der Waals surface area contributed by atoms with E-state index < -0.39 is 5.97 Å². The van der Waals surface area contributed by atoms with Crippen molar-refractivity contribution in [3.8, 4) is 0 Å². The molecule has 0 radical (unpaired) electrons. The number of hydrogen-bond acceptors (Lipinski definition) is 6. The summed E-state index contributed by atoms with van der Waals surface area (Å²) in [6, 6.07) is 0. The Morgan fingerprint density at radius 1 is 1.61 bits per heavy atom. The molecule has 1 aromatic heterocycles. The third-order valence-electron chi connectivity index (χ3n) is 2.97. The van der Waals surface area contributed by atoms with Gasteiger partial charge in [-0.3, -0.25) is 4.79 Å². The smallest absolute Gasteiger partial charge is 0.325 e. The van der Waals surface area contributed by atoms with E-state index >= 15 is 0 Å². The van der Waals surface area contributed by atoms with E-state index in [0.717, 1.165) is 25.7 Å². The maximum atomic E-state index is 10.7. The highest BCUT2D eigenvalue weighted by Gasteiger charge is 2.24. The highest BCUT2D eigenvalue weighted by molar-refractivity contribution is 7.99. The van der Waals surface area contributed by atoms with Gasteiger partial charge in [0.2, 0.25) is 5.16 Å². The Kier molecular flexibility index (Phi) is 4.54. The van der Waals surface area contributed by atoms with Gasteiger partial charge in [0.15, 0.2) is 0 Å². The number of carboxylic acids is 1. The predicted molar refractivity (Wildman–Crippen MR) is 64.4 cm³/mol. The van der Waals surface area contributed by atoms with Crippen molar-refractivity contribution in [3.05, 3.63) is 0 Å². The van der Waals surface area contributed by atoms with E-state index in [1.54, 1.807) is 18.9 Å². The van der Waals surface area contributed by atoms with Gasteiger partial charge in [-0.05, 0) is 36.1 Å². The van der Waals surface area contributed by atoms with Gasteiger partial charge in [-0.15, -0.1) is 5.10 Å². The largest absolute Gasteiger partial charge is 0.480 e. The Morgan fingerprint density at radius 2 is 2.44 bits per heavy atom. The number of thioether (sulfide) groups is 1. The fraction of sp³-hybridized carbons (Fsp3) is 0.800. The number of rotatable bonds is 5. The van der Waals surface area contributed by atoms with E-state index in [0.29, 0.717) is 16.5 Å². The molecule has 1 aliphatic rings. The van der Waals surface area contributed by atoms with E-state index in [1.807, 2.05) is 0 Å². The molecule has 7 nitrogen and oxygen atoms in total. The van der Waals surface area contributed by atoms with Gasteiger partial charge in [-0.25, -0.2) is 4.68 Å². The van der Waals surface area contributed by atoms with Crippen LogP contribution in [-0.2, 0) is 16.1 Å². The first kappa shape index (κ1) is 13.3. The maximum Gasteiger partial charge on any atom is 0.325 e. The molecule has 0 spiro atoms. The van der Waals surface area contributed by atoms with Crippen molar-refractivity contribution in [3.63, 3.8) is 0 Å². The van der Waals surface area contributed by atoms with Crippen LogP contribution in [0, 0.1) is 0 Å². The van der Waals surface area contributed by atoms with E-state index in [9.17, 15) is 4.79 Å². The standard InChI is InChI=1S/C10H16N4O3S/c1-17-7-3-2-4-8(5-7)18-10-11-12-13-14(10)6-9(15)16/h7-8H,2-6H2,1H3,(H,15,16). The van der Waals surface area contributed by atoms with Gasteiger partial charge in [0.1, 0.15) is 6.54 Å². The zero-order chi connectivity index (χ0) is 13.0. The normalized spacial score (nSPS) is 24.1. The zero-order valence-electron chi connectivity index (χ0n) is 10.2. The summed E-state index contributed by atoms with van der Waals surface area (Å²) in [6.07, 6.45) is 4.55. The second kappa shape index (κ2) is 6.14. The molecule has 100 valence electrons. The lowest BCUT2D eigenvalue weighted by atomic mass is 9.97. The molecule has 1 aromatic rings. The predicted octanol–water partition coefficient (Wildman–Crippen LogP) is 0.807. The number of aliphatic carboxylic acids is 1. The lowest BCUT2D eigenvalue weighted by molar-refractivity contribution is -0.138. The fourth-order valence-electron chi connectivity index (χ4n) is 2.08. The number of aromatic nitrogens is 4. The summed E-state index contributed by atoms with van der Waals surface area (Å²) >= 11 is 1.54. The SMILES string of the molecule is COC1CCCC(Sc2nnnn2CC(=O)O)C1. The Morgan fingerprint density at radius 3 is 3.17 bits per heavy atom. The minimum absolute atomic E-state index is 0.199. The molecule has 0 amide bonds. The van der Waals surface area contributed by atoms with Crippen LogP contribution in [0.3, 0.4) is 0 Å². The summed E-state index contributed by atoms with van der Waals surface area (Å²) in [7, 11) is 1.73. The second-order valence-corrected chi connectivity index (χ2v) is 5.54. The second-order valence-electron chi connectivity index (χ2n) is 4.28. The van der Waals surface area contributed by atoms with E-state index in [1.165, 1.54) is 4.68 Å². The molecule has 0 aromatic carbocycles. The van der Waals surface area contributed by atoms with Crippen LogP contribution in [-0.4, -0.2) is 49.7 Å². The van der Waals surface area contributed by atoms with Crippen molar-refractivity contribution >= 4 is 17.7 Å². The molecule has 2 atom stereocenters. The van der Waals surface area contributed by atoms with E-state index in [2.05, 4.69) is 15.5 Å². The molecular formula is C10H16N4O3S. The highest BCUT2D eigenvalue weighted by atomic mass is 32.2. The number of ether oxygens (including phenoxy) is 1. The highest BCUT2D eigenvalue weighted by Crippen LogP contribution is 2.33. The van der Waals surface area contributed by atoms with Crippen LogP contribution in [0.4, 0.5) is 0 Å². The van der Waals surface area contributed by atoms with Crippen LogP contribution in [0.5, 0.6) is 0 Å². The third kappa shape index (κ3) is 3.42. The molecule has 1 saturated carbocycles. The average Bonchev–Trinajstić information content (AvgIpc) is 2.76. The van der Waals surface area contributed by atoms with Crippen LogP contribution in [0.25, 0.3) is 0 Å². The van der Waals surface area contributed by atoms with Crippen molar-refractivity contribution < 1.29 is 14.6 Å². The van der Waals surface area contributed by atoms with Gasteiger partial charge in [0.25, 0.3) is 0 Å². The monoisotopic (exact) mass is 272 g/mol. The Bertz CT molecular complexity index is 412. The molecular weight excluding hydrogens is 256 g/mol. The summed E-state index contributed by atoms with van der Waals surface area (Å²) in [5.41, 5.74) is 0. The number of carboxylic acid groups (broad SMARTS) is 1. The lowest BCUT2D eigenvalue weighted by Crippen LogP contribution is -2.23. The van der Waals surface area contributed by atoms with Gasteiger partial charge in [0.05, 0.1) is 6.10 Å². The van der Waals surface area contributed by atoms with Crippen LogP contribution >= 0.6 is 11.8 Å². The lowest BCUT2D eigenvalue weighted by Gasteiger charge is -2.27. The van der Waals surface area contributed by atoms with Gasteiger partial charge in [0, 0.05) is 12.4 Å². The molecule has 1 fully saturated rings. The first-order valence-electron chi connectivity index (χ1n) is 5.86. The van der Waals surface area contributed by atoms with Crippen molar-refractivity contribution in [1.29, 1.82) is 0 Å². The number of nitrogens with zero attached hydrogens (tertiary/aromatic N) is 4. The van der Waals surface area contributed by atoms with Gasteiger partial charge in [-0.2, -0.15) is 0 Å². The summed E-state index contributed by atoms with van der Waals surface area (Å²) < 4.78 is 6.69. The summed E-state index contributed by atoms with van der Waals surface area (Å²) in [5, 5.41) is 20.8. The van der Waals surface area contributed by atoms with Crippen molar-refractivity contribution in [1.82, 2.24) is 20.2 Å². The van der Waals surface area contributed by atoms with Crippen molar-refractivity contribution in [2.24, 2.45) is 0 Å². The van der Waals surface area contributed by atoms with Crippen LogP contribution < -0.4 is 0 Å². The van der Waals surface area contributed by atoms with Crippen molar-refractivity contribution in [2.45, 2.75) is 48.7 Å². The molecule has 1 heterocycles. The summed E-state index contributed by atoms with van der Waals surface area (Å²) in [5.74, 6) is -0.942. The quantitative estimate of drug-likeness (QED) is 0.848. The minimum atomic E-state index is -0.942. The molecule has 2 rings (SSSR count). The molecule has 0 saturated heterocycles. The van der Waals surface area contributed by atoms with Crippen molar-refractivity contribution in [2.75, 3.05) is 7.11 Å². The zero-order valence-corrected chi connectivity index (χ0v) is 11.0. The first-order chi connectivity index (χ1) is 8.69. The molecule has 8 heteroatoms. The average molecular weight is 272 g/mol. The van der Waals surface area contributed by atoms with E-state index in [4.69, 9.17) is 9.84 Å². The first-order valence-corrected chi connectivity index (χ1v) is 6.74. The Labute approximate surface area is 109 Å². The van der Waals surface area contributed by atoms with Gasteiger partial charge < -0.3 is 9.84 Å². The van der Waals surface area contributed by atoms with E-state index in [-0.39, 0.29) is 6.54 Å². The maximum absolute atomic E-state index is 10.7. The number of carbonyl (C=O) groups is 1. The molecule has 18 heavy (non-hydrogen) atoms. The Hall–Kier alpha value is -1.15. The molecule has 1 N–H and O–H groups in total. The third-order valence-corrected chi connectivity index (χ3v) is 4.23. The van der Waals surface area contributed by atoms with Crippen LogP contribution in [0.1, 0.15) is 25.7 Å².